The summed E-state index contributed by atoms with van der Waals surface area (Å²) in [6, 6.07) is 26.5. The van der Waals surface area contributed by atoms with Gasteiger partial charge in [0.1, 0.15) is 29.7 Å². The Morgan fingerprint density at radius 3 is 2.42 bits per heavy atom. The quantitative estimate of drug-likeness (QED) is 0.121. The lowest BCUT2D eigenvalue weighted by Crippen LogP contribution is -2.54. The smallest absolute Gasteiger partial charge is 0.326 e. The van der Waals surface area contributed by atoms with E-state index in [4.69, 9.17) is 32.7 Å². The first-order valence-corrected chi connectivity index (χ1v) is 21.7. The summed E-state index contributed by atoms with van der Waals surface area (Å²) < 4.78 is 13.2. The fraction of sp³-hybridized carbons (Fsp3) is 0.367. The third-order valence-electron chi connectivity index (χ3n) is 12.4. The topological polar surface area (TPSA) is 104 Å². The average molecular weight is 848 g/mol. The highest BCUT2D eigenvalue weighted by molar-refractivity contribution is 6.42. The minimum atomic E-state index is -1.06. The number of carbonyl (C=O) groups is 2. The van der Waals surface area contributed by atoms with Crippen molar-refractivity contribution in [3.05, 3.63) is 140 Å². The Bertz CT molecular complexity index is 2370. The second-order valence-corrected chi connectivity index (χ2v) is 17.4. The summed E-state index contributed by atoms with van der Waals surface area (Å²) in [5.41, 5.74) is 10.3. The van der Waals surface area contributed by atoms with Crippen LogP contribution in [-0.4, -0.2) is 59.1 Å². The standard InChI is InChI=1S/C49H52Cl2N4O5/c1-5-45(35-14-17-40(50)41(51)23-35)59-38-15-12-34(13-16-38)46-19-21-54(4)43-24-36-25-44(55(27-32-6-7-32)28-37(36)26-47(43)60-46)48(56)53-42(49(57)58)22-31-8-10-33(11-9-31)39-18-20-52-30(3)29(39)2/h8-18,20,23-24,26,32,42,44-46H,5-7,19,21-22,25,27-28H2,1-4H3,(H,53,56)(H,57,58)/t42-,44-,45+,46+/m0/s1. The molecule has 1 aromatic heterocycles. The van der Waals surface area contributed by atoms with E-state index < -0.39 is 18.1 Å². The second kappa shape index (κ2) is 17.9. The molecule has 2 aliphatic heterocycles. The van der Waals surface area contributed by atoms with Crippen LogP contribution in [0.25, 0.3) is 11.1 Å². The number of aryl methyl sites for hydroxylation is 1. The van der Waals surface area contributed by atoms with Gasteiger partial charge in [-0.2, -0.15) is 0 Å². The van der Waals surface area contributed by atoms with Gasteiger partial charge in [0.2, 0.25) is 5.91 Å². The Hall–Kier alpha value is -5.09. The van der Waals surface area contributed by atoms with Crippen LogP contribution in [0.4, 0.5) is 5.69 Å². The van der Waals surface area contributed by atoms with Gasteiger partial charge in [0.25, 0.3) is 0 Å². The van der Waals surface area contributed by atoms with Crippen molar-refractivity contribution in [3.63, 3.8) is 0 Å². The lowest BCUT2D eigenvalue weighted by Gasteiger charge is -2.37. The van der Waals surface area contributed by atoms with Crippen molar-refractivity contribution < 1.29 is 24.2 Å². The molecule has 2 N–H and O–H groups in total. The first-order valence-electron chi connectivity index (χ1n) is 21.0. The third-order valence-corrected chi connectivity index (χ3v) is 13.1. The molecule has 1 aliphatic carbocycles. The summed E-state index contributed by atoms with van der Waals surface area (Å²) in [5.74, 6) is 0.834. The largest absolute Gasteiger partial charge is 0.486 e. The van der Waals surface area contributed by atoms with Crippen LogP contribution in [0.2, 0.25) is 10.0 Å². The van der Waals surface area contributed by atoms with Crippen LogP contribution >= 0.6 is 23.2 Å². The fourth-order valence-electron chi connectivity index (χ4n) is 8.51. The maximum atomic E-state index is 14.2. The normalized spacial score (nSPS) is 18.7. The fourth-order valence-corrected chi connectivity index (χ4v) is 8.82. The molecule has 4 aromatic carbocycles. The van der Waals surface area contributed by atoms with Gasteiger partial charge >= 0.3 is 5.97 Å². The zero-order valence-electron chi connectivity index (χ0n) is 34.6. The summed E-state index contributed by atoms with van der Waals surface area (Å²) in [6.45, 7) is 8.29. The van der Waals surface area contributed by atoms with E-state index >= 15 is 0 Å². The molecule has 8 rings (SSSR count). The van der Waals surface area contributed by atoms with Gasteiger partial charge in [0.15, 0.2) is 0 Å². The number of rotatable bonds is 13. The molecule has 0 bridgehead atoms. The number of ether oxygens (including phenoxy) is 2. The number of aromatic nitrogens is 1. The number of nitrogens with one attached hydrogen (secondary N) is 1. The van der Waals surface area contributed by atoms with E-state index in [2.05, 4.69) is 65.3 Å². The van der Waals surface area contributed by atoms with Crippen molar-refractivity contribution in [1.29, 1.82) is 0 Å². The predicted molar refractivity (Wildman–Crippen MR) is 237 cm³/mol. The Morgan fingerprint density at radius 1 is 0.950 bits per heavy atom. The van der Waals surface area contributed by atoms with Crippen molar-refractivity contribution in [2.45, 2.75) is 90.1 Å². The van der Waals surface area contributed by atoms with Gasteiger partial charge in [-0.05, 0) is 132 Å². The monoisotopic (exact) mass is 846 g/mol. The number of amides is 1. The maximum absolute atomic E-state index is 14.2. The van der Waals surface area contributed by atoms with E-state index in [1.807, 2.05) is 61.5 Å². The Balaban J connectivity index is 0.965. The summed E-state index contributed by atoms with van der Waals surface area (Å²) in [5, 5.41) is 14.3. The first-order chi connectivity index (χ1) is 28.9. The minimum Gasteiger partial charge on any atom is -0.486 e. The number of benzene rings is 4. The Morgan fingerprint density at radius 2 is 1.72 bits per heavy atom. The van der Waals surface area contributed by atoms with E-state index in [1.165, 1.54) is 0 Å². The summed E-state index contributed by atoms with van der Waals surface area (Å²) in [6.07, 6.45) is 6.01. The molecule has 1 saturated carbocycles. The Kier molecular flexibility index (Phi) is 12.4. The maximum Gasteiger partial charge on any atom is 0.326 e. The molecule has 312 valence electrons. The zero-order chi connectivity index (χ0) is 42.1. The number of hydrogen-bond acceptors (Lipinski definition) is 7. The lowest BCUT2D eigenvalue weighted by atomic mass is 9.91. The van der Waals surface area contributed by atoms with Crippen LogP contribution in [0.5, 0.6) is 11.5 Å². The molecule has 0 unspecified atom stereocenters. The third kappa shape index (κ3) is 9.29. The van der Waals surface area contributed by atoms with Crippen molar-refractivity contribution >= 4 is 40.8 Å². The molecule has 0 spiro atoms. The van der Waals surface area contributed by atoms with E-state index in [1.54, 1.807) is 12.3 Å². The van der Waals surface area contributed by atoms with Gasteiger partial charge in [0.05, 0.1) is 21.8 Å². The van der Waals surface area contributed by atoms with Crippen molar-refractivity contribution in [2.75, 3.05) is 25.0 Å². The number of carboxylic acids is 1. The zero-order valence-corrected chi connectivity index (χ0v) is 36.1. The molecule has 3 aliphatic rings. The number of aliphatic carboxylic acids is 1. The number of nitrogens with zero attached hydrogens (tertiary/aromatic N) is 3. The number of anilines is 1. The average Bonchev–Trinajstić information content (AvgIpc) is 4.08. The van der Waals surface area contributed by atoms with Crippen molar-refractivity contribution in [2.24, 2.45) is 5.92 Å². The summed E-state index contributed by atoms with van der Waals surface area (Å²) in [7, 11) is 2.08. The molecular weight excluding hydrogens is 795 g/mol. The molecule has 5 aromatic rings. The van der Waals surface area contributed by atoms with Gasteiger partial charge in [-0.25, -0.2) is 4.79 Å². The second-order valence-electron chi connectivity index (χ2n) is 16.6. The molecule has 0 radical (unpaired) electrons. The number of carboxylic acid groups (broad SMARTS) is 1. The van der Waals surface area contributed by atoms with Crippen molar-refractivity contribution in [3.8, 4) is 22.6 Å². The summed E-state index contributed by atoms with van der Waals surface area (Å²) >= 11 is 12.5. The van der Waals surface area contributed by atoms with Crippen LogP contribution < -0.4 is 19.7 Å². The van der Waals surface area contributed by atoms with Crippen LogP contribution in [-0.2, 0) is 29.0 Å². The molecule has 1 amide bonds. The van der Waals surface area contributed by atoms with Crippen LogP contribution in [0, 0.1) is 19.8 Å². The molecule has 9 nitrogen and oxygen atoms in total. The van der Waals surface area contributed by atoms with Gasteiger partial charge in [-0.1, -0.05) is 72.6 Å². The SMILES string of the molecule is CC[C@@H](Oc1ccc([C@H]2CCN(C)c3cc4c(cc3O2)CN(CC2CC2)[C@H](C(=O)N[C@@H](Cc2ccc(-c3ccnc(C)c3C)cc2)C(=O)O)C4)cc1)c1ccc(Cl)c(Cl)c1. The number of hydrogen-bond donors (Lipinski definition) is 2. The van der Waals surface area contributed by atoms with Crippen LogP contribution in [0.3, 0.4) is 0 Å². The summed E-state index contributed by atoms with van der Waals surface area (Å²) in [4.78, 5) is 35.6. The van der Waals surface area contributed by atoms with Gasteiger partial charge in [0, 0.05) is 51.4 Å². The van der Waals surface area contributed by atoms with E-state index in [0.29, 0.717) is 28.9 Å². The van der Waals surface area contributed by atoms with E-state index in [9.17, 15) is 14.7 Å². The minimum absolute atomic E-state index is 0.157. The lowest BCUT2D eigenvalue weighted by molar-refractivity contribution is -0.142. The highest BCUT2D eigenvalue weighted by Gasteiger charge is 2.38. The van der Waals surface area contributed by atoms with E-state index in [-0.39, 0.29) is 24.5 Å². The highest BCUT2D eigenvalue weighted by Crippen LogP contribution is 2.42. The molecule has 4 atom stereocenters. The Labute approximate surface area is 362 Å². The molecule has 3 heterocycles. The van der Waals surface area contributed by atoms with Gasteiger partial charge in [-0.3, -0.25) is 14.7 Å². The first kappa shape index (κ1) is 41.6. The number of fused-ring (bicyclic) bond motifs is 2. The van der Waals surface area contributed by atoms with Gasteiger partial charge < -0.3 is 24.8 Å². The van der Waals surface area contributed by atoms with E-state index in [0.717, 1.165) is 106 Å². The van der Waals surface area contributed by atoms with Gasteiger partial charge in [-0.15, -0.1) is 0 Å². The molecule has 1 fully saturated rings. The number of pyridine rings is 1. The molecule has 60 heavy (non-hydrogen) atoms. The number of carbonyl (C=O) groups excluding carboxylic acids is 1. The molecule has 0 saturated heterocycles. The van der Waals surface area contributed by atoms with Crippen LogP contribution in [0.15, 0.2) is 91.1 Å². The molecule has 11 heteroatoms. The predicted octanol–water partition coefficient (Wildman–Crippen LogP) is 10.1. The van der Waals surface area contributed by atoms with Crippen LogP contribution in [0.1, 0.15) is 83.9 Å². The highest BCUT2D eigenvalue weighted by atomic mass is 35.5. The molecular formula is C49H52Cl2N4O5. The number of halogens is 2. The van der Waals surface area contributed by atoms with Crippen molar-refractivity contribution in [1.82, 2.24) is 15.2 Å².